The fourth-order valence-electron chi connectivity index (χ4n) is 2.14. The molecule has 1 fully saturated rings. The van der Waals surface area contributed by atoms with Crippen molar-refractivity contribution in [2.45, 2.75) is 19.3 Å². The smallest absolute Gasteiger partial charge is 0.142 e. The molecule has 0 radical (unpaired) electrons. The Bertz CT molecular complexity index is 321. The van der Waals surface area contributed by atoms with E-state index in [-0.39, 0.29) is 0 Å². The van der Waals surface area contributed by atoms with Gasteiger partial charge in [-0.15, -0.1) is 0 Å². The molecule has 3 nitrogen and oxygen atoms in total. The number of benzene rings is 1. The minimum Gasteiger partial charge on any atom is -0.490 e. The number of hydrogen-bond donors (Lipinski definition) is 1. The van der Waals surface area contributed by atoms with Gasteiger partial charge < -0.3 is 15.4 Å². The summed E-state index contributed by atoms with van der Waals surface area (Å²) in [6.45, 7) is 3.44. The Kier molecular flexibility index (Phi) is 4.05. The third kappa shape index (κ3) is 2.67. The van der Waals surface area contributed by atoms with E-state index in [1.165, 1.54) is 24.9 Å². The molecule has 1 aliphatic heterocycles. The predicted molar refractivity (Wildman–Crippen MR) is 67.1 cm³/mol. The van der Waals surface area contributed by atoms with Gasteiger partial charge in [0.1, 0.15) is 12.4 Å². The quantitative estimate of drug-likeness (QED) is 0.843. The zero-order valence-corrected chi connectivity index (χ0v) is 9.69. The minimum absolute atomic E-state index is 0.564. The van der Waals surface area contributed by atoms with Crippen molar-refractivity contribution in [2.24, 2.45) is 5.73 Å². The fraction of sp³-hybridized carbons (Fsp3) is 0.538. The van der Waals surface area contributed by atoms with Gasteiger partial charge in [0.05, 0.1) is 5.69 Å². The molecule has 2 rings (SSSR count). The first-order valence-corrected chi connectivity index (χ1v) is 6.08. The van der Waals surface area contributed by atoms with Crippen LogP contribution in [0.5, 0.6) is 5.75 Å². The molecule has 0 atom stereocenters. The highest BCUT2D eigenvalue weighted by atomic mass is 16.5. The topological polar surface area (TPSA) is 38.5 Å². The van der Waals surface area contributed by atoms with Gasteiger partial charge in [0.2, 0.25) is 0 Å². The molecule has 16 heavy (non-hydrogen) atoms. The van der Waals surface area contributed by atoms with E-state index in [0.717, 1.165) is 18.8 Å². The van der Waals surface area contributed by atoms with Crippen molar-refractivity contribution in [2.75, 3.05) is 31.1 Å². The van der Waals surface area contributed by atoms with Gasteiger partial charge in [0.15, 0.2) is 0 Å². The molecule has 0 aliphatic carbocycles. The van der Waals surface area contributed by atoms with Crippen molar-refractivity contribution < 1.29 is 4.74 Å². The number of piperidine rings is 1. The summed E-state index contributed by atoms with van der Waals surface area (Å²) >= 11 is 0. The van der Waals surface area contributed by atoms with Gasteiger partial charge in [-0.05, 0) is 31.4 Å². The SMILES string of the molecule is NCCOc1ccccc1N1CCCCC1. The summed E-state index contributed by atoms with van der Waals surface area (Å²) in [5, 5.41) is 0. The molecule has 88 valence electrons. The van der Waals surface area contributed by atoms with E-state index in [2.05, 4.69) is 17.0 Å². The van der Waals surface area contributed by atoms with E-state index in [0.29, 0.717) is 13.2 Å². The summed E-state index contributed by atoms with van der Waals surface area (Å²) in [5.41, 5.74) is 6.68. The van der Waals surface area contributed by atoms with E-state index in [4.69, 9.17) is 10.5 Å². The van der Waals surface area contributed by atoms with Crippen LogP contribution in [-0.4, -0.2) is 26.2 Å². The lowest BCUT2D eigenvalue weighted by molar-refractivity contribution is 0.328. The molecule has 1 aromatic rings. The first-order valence-electron chi connectivity index (χ1n) is 6.08. The lowest BCUT2D eigenvalue weighted by Crippen LogP contribution is -2.29. The van der Waals surface area contributed by atoms with Crippen LogP contribution < -0.4 is 15.4 Å². The Morgan fingerprint density at radius 2 is 1.88 bits per heavy atom. The molecule has 2 N–H and O–H groups in total. The first-order chi connectivity index (χ1) is 7.92. The molecule has 0 unspecified atom stereocenters. The molecule has 1 heterocycles. The minimum atomic E-state index is 0.564. The van der Waals surface area contributed by atoms with Crippen LogP contribution in [0, 0.1) is 0 Å². The molecular weight excluding hydrogens is 200 g/mol. The van der Waals surface area contributed by atoms with Crippen LogP contribution >= 0.6 is 0 Å². The summed E-state index contributed by atoms with van der Waals surface area (Å²) in [7, 11) is 0. The molecule has 0 saturated carbocycles. The van der Waals surface area contributed by atoms with Crippen molar-refractivity contribution in [3.63, 3.8) is 0 Å². The summed E-state index contributed by atoms with van der Waals surface area (Å²) in [4.78, 5) is 2.41. The molecule has 1 aliphatic rings. The monoisotopic (exact) mass is 220 g/mol. The molecule has 0 spiro atoms. The van der Waals surface area contributed by atoms with Crippen LogP contribution in [0.1, 0.15) is 19.3 Å². The fourth-order valence-corrected chi connectivity index (χ4v) is 2.14. The van der Waals surface area contributed by atoms with E-state index in [9.17, 15) is 0 Å². The molecule has 1 aromatic carbocycles. The highest BCUT2D eigenvalue weighted by Gasteiger charge is 2.14. The Balaban J connectivity index is 2.11. The van der Waals surface area contributed by atoms with Gasteiger partial charge in [-0.3, -0.25) is 0 Å². The molecule has 0 aromatic heterocycles. The second kappa shape index (κ2) is 5.75. The maximum absolute atomic E-state index is 5.67. The number of anilines is 1. The number of nitrogens with two attached hydrogens (primary N) is 1. The van der Waals surface area contributed by atoms with Crippen molar-refractivity contribution >= 4 is 5.69 Å². The van der Waals surface area contributed by atoms with Crippen molar-refractivity contribution in [1.82, 2.24) is 0 Å². The van der Waals surface area contributed by atoms with Crippen LogP contribution in [0.25, 0.3) is 0 Å². The first kappa shape index (κ1) is 11.3. The lowest BCUT2D eigenvalue weighted by Gasteiger charge is -2.30. The summed E-state index contributed by atoms with van der Waals surface area (Å²) in [6.07, 6.45) is 3.92. The van der Waals surface area contributed by atoms with E-state index >= 15 is 0 Å². The van der Waals surface area contributed by atoms with Crippen LogP contribution in [0.15, 0.2) is 24.3 Å². The van der Waals surface area contributed by atoms with E-state index in [1.807, 2.05) is 12.1 Å². The van der Waals surface area contributed by atoms with E-state index in [1.54, 1.807) is 0 Å². The van der Waals surface area contributed by atoms with Gasteiger partial charge in [-0.25, -0.2) is 0 Å². The van der Waals surface area contributed by atoms with Crippen molar-refractivity contribution in [3.05, 3.63) is 24.3 Å². The largest absolute Gasteiger partial charge is 0.490 e. The van der Waals surface area contributed by atoms with Gasteiger partial charge in [0, 0.05) is 19.6 Å². The molecule has 1 saturated heterocycles. The van der Waals surface area contributed by atoms with Gasteiger partial charge in [-0.1, -0.05) is 12.1 Å². The van der Waals surface area contributed by atoms with Gasteiger partial charge >= 0.3 is 0 Å². The van der Waals surface area contributed by atoms with Gasteiger partial charge in [0.25, 0.3) is 0 Å². The third-order valence-electron chi connectivity index (χ3n) is 2.94. The summed E-state index contributed by atoms with van der Waals surface area (Å²) in [5.74, 6) is 0.967. The molecular formula is C13H20N2O. The third-order valence-corrected chi connectivity index (χ3v) is 2.94. The van der Waals surface area contributed by atoms with Crippen molar-refractivity contribution in [1.29, 1.82) is 0 Å². The highest BCUT2D eigenvalue weighted by molar-refractivity contribution is 5.58. The Morgan fingerprint density at radius 1 is 1.12 bits per heavy atom. The predicted octanol–water partition coefficient (Wildman–Crippen LogP) is 2.01. The van der Waals surface area contributed by atoms with E-state index < -0.39 is 0 Å². The Hall–Kier alpha value is -1.22. The van der Waals surface area contributed by atoms with Crippen LogP contribution in [0.4, 0.5) is 5.69 Å². The standard InChI is InChI=1S/C13H20N2O/c14-8-11-16-13-7-3-2-6-12(13)15-9-4-1-5-10-15/h2-3,6-7H,1,4-5,8-11,14H2. The average molecular weight is 220 g/mol. The molecule has 0 bridgehead atoms. The van der Waals surface area contributed by atoms with Crippen LogP contribution in [0.3, 0.4) is 0 Å². The number of para-hydroxylation sites is 2. The number of rotatable bonds is 4. The molecule has 0 amide bonds. The lowest BCUT2D eigenvalue weighted by atomic mass is 10.1. The summed E-state index contributed by atoms with van der Waals surface area (Å²) < 4.78 is 5.67. The zero-order chi connectivity index (χ0) is 11.2. The average Bonchev–Trinajstić information content (AvgIpc) is 2.38. The number of hydrogen-bond acceptors (Lipinski definition) is 3. The second-order valence-electron chi connectivity index (χ2n) is 4.15. The highest BCUT2D eigenvalue weighted by Crippen LogP contribution is 2.29. The van der Waals surface area contributed by atoms with Crippen LogP contribution in [0.2, 0.25) is 0 Å². The summed E-state index contributed by atoms with van der Waals surface area (Å²) in [6, 6.07) is 8.25. The molecule has 3 heteroatoms. The van der Waals surface area contributed by atoms with Crippen LogP contribution in [-0.2, 0) is 0 Å². The Morgan fingerprint density at radius 3 is 2.62 bits per heavy atom. The van der Waals surface area contributed by atoms with Gasteiger partial charge in [-0.2, -0.15) is 0 Å². The number of ether oxygens (including phenoxy) is 1. The maximum atomic E-state index is 5.67. The van der Waals surface area contributed by atoms with Crippen molar-refractivity contribution in [3.8, 4) is 5.75 Å². The normalized spacial score (nSPS) is 16.2. The Labute approximate surface area is 97.2 Å². The second-order valence-corrected chi connectivity index (χ2v) is 4.15. The zero-order valence-electron chi connectivity index (χ0n) is 9.69. The number of nitrogens with zero attached hydrogens (tertiary/aromatic N) is 1. The maximum Gasteiger partial charge on any atom is 0.142 e.